The van der Waals surface area contributed by atoms with Gasteiger partial charge in [0.1, 0.15) is 12.1 Å². The monoisotopic (exact) mass is 355 g/mol. The number of aromatic nitrogens is 4. The number of hydrogen-bond acceptors (Lipinski definition) is 6. The Balaban J connectivity index is 1.65. The van der Waals surface area contributed by atoms with Crippen molar-refractivity contribution in [2.24, 2.45) is 0 Å². The second-order valence-corrected chi connectivity index (χ2v) is 5.35. The molecule has 1 N–H and O–H groups in total. The van der Waals surface area contributed by atoms with Gasteiger partial charge in [-0.1, -0.05) is 12.1 Å². The number of nitrogens with one attached hydrogen (secondary N) is 1. The van der Waals surface area contributed by atoms with Crippen LogP contribution in [0, 0.1) is 5.82 Å². The summed E-state index contributed by atoms with van der Waals surface area (Å²) < 4.78 is 19.7. The molecule has 0 aliphatic heterocycles. The first-order valence-electron chi connectivity index (χ1n) is 7.64. The van der Waals surface area contributed by atoms with Crippen molar-refractivity contribution in [2.75, 3.05) is 5.32 Å². The second-order valence-electron chi connectivity index (χ2n) is 5.35. The second kappa shape index (κ2) is 7.51. The maximum absolute atomic E-state index is 13.2. The molecule has 9 heteroatoms. The quantitative estimate of drug-likeness (QED) is 0.703. The predicted octanol–water partition coefficient (Wildman–Crippen LogP) is 1.99. The molecule has 1 aromatic heterocycles. The Kier molecular flexibility index (Phi) is 4.97. The Morgan fingerprint density at radius 1 is 1.19 bits per heavy atom. The largest absolute Gasteiger partial charge is 0.449 e. The molecule has 132 valence electrons. The lowest BCUT2D eigenvalue weighted by atomic mass is 10.2. The molecule has 2 aromatic carbocycles. The predicted molar refractivity (Wildman–Crippen MR) is 89.1 cm³/mol. The van der Waals surface area contributed by atoms with E-state index >= 15 is 0 Å². The van der Waals surface area contributed by atoms with Crippen molar-refractivity contribution in [2.45, 2.75) is 13.0 Å². The van der Waals surface area contributed by atoms with E-state index in [-0.39, 0.29) is 11.3 Å². The summed E-state index contributed by atoms with van der Waals surface area (Å²) in [5, 5.41) is 13.3. The van der Waals surface area contributed by atoms with Crippen molar-refractivity contribution in [1.82, 2.24) is 20.2 Å². The molecule has 0 spiro atoms. The average molecular weight is 355 g/mol. The third-order valence-electron chi connectivity index (χ3n) is 3.44. The Bertz CT molecular complexity index is 930. The van der Waals surface area contributed by atoms with Crippen molar-refractivity contribution in [3.8, 4) is 5.69 Å². The van der Waals surface area contributed by atoms with Gasteiger partial charge in [0.15, 0.2) is 6.10 Å². The van der Waals surface area contributed by atoms with E-state index in [9.17, 15) is 14.0 Å². The van der Waals surface area contributed by atoms with E-state index in [0.29, 0.717) is 5.69 Å². The van der Waals surface area contributed by atoms with Crippen molar-refractivity contribution in [1.29, 1.82) is 0 Å². The van der Waals surface area contributed by atoms with Gasteiger partial charge in [0, 0.05) is 5.69 Å². The number of amides is 1. The van der Waals surface area contributed by atoms with Gasteiger partial charge in [0.05, 0.1) is 11.3 Å². The number of hydrogen-bond donors (Lipinski definition) is 1. The third kappa shape index (κ3) is 4.07. The van der Waals surface area contributed by atoms with Crippen LogP contribution < -0.4 is 5.32 Å². The fourth-order valence-corrected chi connectivity index (χ4v) is 2.15. The molecule has 0 aliphatic rings. The first kappa shape index (κ1) is 17.2. The minimum absolute atomic E-state index is 0.239. The summed E-state index contributed by atoms with van der Waals surface area (Å²) in [6.45, 7) is 1.43. The molecule has 1 atom stereocenters. The van der Waals surface area contributed by atoms with Gasteiger partial charge in [-0.05, 0) is 53.7 Å². The number of carbonyl (C=O) groups excluding carboxylic acids is 2. The van der Waals surface area contributed by atoms with Crippen LogP contribution in [-0.4, -0.2) is 38.2 Å². The number of ether oxygens (including phenoxy) is 1. The van der Waals surface area contributed by atoms with Gasteiger partial charge in [-0.2, -0.15) is 0 Å². The lowest BCUT2D eigenvalue weighted by molar-refractivity contribution is -0.123. The topological polar surface area (TPSA) is 99.0 Å². The molecule has 0 fully saturated rings. The van der Waals surface area contributed by atoms with Crippen molar-refractivity contribution >= 4 is 17.6 Å². The lowest BCUT2D eigenvalue weighted by Crippen LogP contribution is -2.30. The molecular weight excluding hydrogens is 341 g/mol. The normalized spacial score (nSPS) is 11.6. The molecule has 0 radical (unpaired) electrons. The lowest BCUT2D eigenvalue weighted by Gasteiger charge is -2.14. The van der Waals surface area contributed by atoms with Crippen molar-refractivity contribution in [3.63, 3.8) is 0 Å². The summed E-state index contributed by atoms with van der Waals surface area (Å²) in [5.41, 5.74) is 1.09. The average Bonchev–Trinajstić information content (AvgIpc) is 3.16. The van der Waals surface area contributed by atoms with E-state index in [1.54, 1.807) is 18.2 Å². The molecule has 0 aliphatic carbocycles. The number of tetrazole rings is 1. The van der Waals surface area contributed by atoms with Gasteiger partial charge in [-0.3, -0.25) is 4.79 Å². The maximum atomic E-state index is 13.2. The Labute approximate surface area is 147 Å². The summed E-state index contributed by atoms with van der Waals surface area (Å²) in [6, 6.07) is 11.9. The summed E-state index contributed by atoms with van der Waals surface area (Å²) in [4.78, 5) is 24.4. The minimum atomic E-state index is -1.07. The molecule has 3 aromatic rings. The zero-order chi connectivity index (χ0) is 18.5. The van der Waals surface area contributed by atoms with Gasteiger partial charge in [-0.25, -0.2) is 13.9 Å². The van der Waals surface area contributed by atoms with Gasteiger partial charge in [0.2, 0.25) is 0 Å². The van der Waals surface area contributed by atoms with Crippen LogP contribution in [0.25, 0.3) is 5.69 Å². The fraction of sp³-hybridized carbons (Fsp3) is 0.118. The van der Waals surface area contributed by atoms with Gasteiger partial charge >= 0.3 is 5.97 Å². The van der Waals surface area contributed by atoms with E-state index in [1.807, 2.05) is 0 Å². The molecule has 0 saturated carbocycles. The number of nitrogens with zero attached hydrogens (tertiary/aromatic N) is 4. The number of carbonyl (C=O) groups is 2. The summed E-state index contributed by atoms with van der Waals surface area (Å²) in [7, 11) is 0. The van der Waals surface area contributed by atoms with Crippen molar-refractivity contribution in [3.05, 3.63) is 66.2 Å². The van der Waals surface area contributed by atoms with Crippen LogP contribution >= 0.6 is 0 Å². The van der Waals surface area contributed by atoms with Crippen LogP contribution in [0.15, 0.2) is 54.9 Å². The fourth-order valence-electron chi connectivity index (χ4n) is 2.15. The maximum Gasteiger partial charge on any atom is 0.338 e. The first-order valence-corrected chi connectivity index (χ1v) is 7.64. The van der Waals surface area contributed by atoms with Crippen LogP contribution in [-0.2, 0) is 9.53 Å². The zero-order valence-corrected chi connectivity index (χ0v) is 13.7. The molecule has 8 nitrogen and oxygen atoms in total. The van der Waals surface area contributed by atoms with E-state index in [2.05, 4.69) is 20.8 Å². The minimum Gasteiger partial charge on any atom is -0.449 e. The van der Waals surface area contributed by atoms with E-state index in [0.717, 1.165) is 0 Å². The van der Waals surface area contributed by atoms with Crippen molar-refractivity contribution < 1.29 is 18.7 Å². The zero-order valence-electron chi connectivity index (χ0n) is 13.7. The van der Waals surface area contributed by atoms with E-state index < -0.39 is 23.8 Å². The van der Waals surface area contributed by atoms with Gasteiger partial charge in [-0.15, -0.1) is 5.10 Å². The number of rotatable bonds is 5. The highest BCUT2D eigenvalue weighted by Gasteiger charge is 2.19. The third-order valence-corrected chi connectivity index (χ3v) is 3.44. The Hall–Kier alpha value is -3.62. The summed E-state index contributed by atoms with van der Waals surface area (Å²) >= 11 is 0. The molecule has 0 bridgehead atoms. The standard InChI is InChI=1S/C17H14FN5O3/c1-11(16(24)20-14-6-3-5-13(18)9-14)26-17(25)12-4-2-7-15(8-12)23-10-19-21-22-23/h2-11H,1H3,(H,20,24). The van der Waals surface area contributed by atoms with Crippen LogP contribution in [0.5, 0.6) is 0 Å². The summed E-state index contributed by atoms with van der Waals surface area (Å²) in [5.74, 6) is -1.73. The van der Waals surface area contributed by atoms with Gasteiger partial charge < -0.3 is 10.1 Å². The molecular formula is C17H14FN5O3. The number of anilines is 1. The van der Waals surface area contributed by atoms with E-state index in [4.69, 9.17) is 4.74 Å². The number of benzene rings is 2. The highest BCUT2D eigenvalue weighted by molar-refractivity contribution is 5.97. The highest BCUT2D eigenvalue weighted by Crippen LogP contribution is 2.13. The first-order chi connectivity index (χ1) is 12.5. The molecule has 1 heterocycles. The smallest absolute Gasteiger partial charge is 0.338 e. The molecule has 1 amide bonds. The molecule has 26 heavy (non-hydrogen) atoms. The van der Waals surface area contributed by atoms with Crippen LogP contribution in [0.4, 0.5) is 10.1 Å². The van der Waals surface area contributed by atoms with E-state index in [1.165, 1.54) is 48.3 Å². The molecule has 3 rings (SSSR count). The molecule has 0 saturated heterocycles. The highest BCUT2D eigenvalue weighted by atomic mass is 19.1. The number of halogens is 1. The van der Waals surface area contributed by atoms with Crippen LogP contribution in [0.1, 0.15) is 17.3 Å². The summed E-state index contributed by atoms with van der Waals surface area (Å²) in [6.07, 6.45) is 0.321. The van der Waals surface area contributed by atoms with Crippen LogP contribution in [0.3, 0.4) is 0 Å². The Morgan fingerprint density at radius 2 is 2.00 bits per heavy atom. The Morgan fingerprint density at radius 3 is 2.73 bits per heavy atom. The number of esters is 1. The van der Waals surface area contributed by atoms with Gasteiger partial charge in [0.25, 0.3) is 5.91 Å². The molecule has 1 unspecified atom stereocenters. The van der Waals surface area contributed by atoms with Crippen LogP contribution in [0.2, 0.25) is 0 Å². The SMILES string of the molecule is CC(OC(=O)c1cccc(-n2cnnn2)c1)C(=O)Nc1cccc(F)c1.